The van der Waals surface area contributed by atoms with Gasteiger partial charge in [0.1, 0.15) is 0 Å². The van der Waals surface area contributed by atoms with Crippen LogP contribution in [0, 0.1) is 0 Å². The predicted molar refractivity (Wildman–Crippen MR) is 61.6 cm³/mol. The lowest BCUT2D eigenvalue weighted by Gasteiger charge is -2.06. The van der Waals surface area contributed by atoms with Gasteiger partial charge in [-0.15, -0.1) is 11.3 Å². The third-order valence-corrected chi connectivity index (χ3v) is 3.40. The maximum Gasteiger partial charge on any atom is 0.0321 e. The Morgan fingerprint density at radius 2 is 2.07 bits per heavy atom. The molecule has 1 fully saturated rings. The molecule has 0 unspecified atom stereocenters. The lowest BCUT2D eigenvalue weighted by Crippen LogP contribution is -2.14. The Labute approximate surface area is 89.9 Å². The monoisotopic (exact) mass is 210 g/mol. The second-order valence-corrected chi connectivity index (χ2v) is 5.51. The summed E-state index contributed by atoms with van der Waals surface area (Å²) in [6.45, 7) is 2.12. The van der Waals surface area contributed by atoms with Crippen LogP contribution in [-0.2, 0) is 13.1 Å². The number of rotatable bonds is 5. The molecule has 0 aromatic carbocycles. The highest BCUT2D eigenvalue weighted by molar-refractivity contribution is 7.11. The molecule has 1 aromatic heterocycles. The number of thiophene rings is 1. The molecule has 2 nitrogen and oxygen atoms in total. The van der Waals surface area contributed by atoms with Crippen molar-refractivity contribution >= 4 is 11.3 Å². The smallest absolute Gasteiger partial charge is 0.0321 e. The highest BCUT2D eigenvalue weighted by Gasteiger charge is 2.20. The number of nitrogens with one attached hydrogen (secondary N) is 1. The molecule has 0 aliphatic heterocycles. The number of hydrogen-bond acceptors (Lipinski definition) is 3. The van der Waals surface area contributed by atoms with Crippen LogP contribution in [0.5, 0.6) is 0 Å². The first kappa shape index (κ1) is 10.1. The molecule has 2 rings (SSSR count). The highest BCUT2D eigenvalue weighted by Crippen LogP contribution is 2.22. The first-order valence-electron chi connectivity index (χ1n) is 5.20. The van der Waals surface area contributed by atoms with Crippen molar-refractivity contribution in [2.45, 2.75) is 32.0 Å². The van der Waals surface area contributed by atoms with E-state index in [1.54, 1.807) is 0 Å². The normalized spacial score (nSPS) is 16.5. The fourth-order valence-corrected chi connectivity index (χ4v) is 2.53. The minimum Gasteiger partial charge on any atom is -0.309 e. The predicted octanol–water partition coefficient (Wildman–Crippen LogP) is 2.06. The second-order valence-electron chi connectivity index (χ2n) is 4.26. The van der Waals surface area contributed by atoms with Crippen LogP contribution in [0.25, 0.3) is 0 Å². The van der Waals surface area contributed by atoms with Gasteiger partial charge in [-0.2, -0.15) is 0 Å². The Balaban J connectivity index is 1.81. The Morgan fingerprint density at radius 3 is 2.71 bits per heavy atom. The van der Waals surface area contributed by atoms with Crippen molar-refractivity contribution < 1.29 is 0 Å². The molecule has 0 amide bonds. The molecule has 14 heavy (non-hydrogen) atoms. The summed E-state index contributed by atoms with van der Waals surface area (Å²) in [6, 6.07) is 5.31. The third-order valence-electron chi connectivity index (χ3n) is 2.33. The molecule has 1 heterocycles. The molecule has 0 saturated heterocycles. The van der Waals surface area contributed by atoms with Gasteiger partial charge in [0, 0.05) is 28.9 Å². The van der Waals surface area contributed by atoms with Crippen LogP contribution in [0.4, 0.5) is 0 Å². The second kappa shape index (κ2) is 4.43. The van der Waals surface area contributed by atoms with Gasteiger partial charge in [0.25, 0.3) is 0 Å². The Kier molecular flexibility index (Phi) is 3.21. The number of hydrogen-bond donors (Lipinski definition) is 1. The maximum absolute atomic E-state index is 3.54. The lowest BCUT2D eigenvalue weighted by molar-refractivity contribution is 0.406. The summed E-state index contributed by atoms with van der Waals surface area (Å²) in [5.41, 5.74) is 0. The zero-order valence-corrected chi connectivity index (χ0v) is 9.73. The van der Waals surface area contributed by atoms with Crippen molar-refractivity contribution in [2.75, 3.05) is 14.1 Å². The van der Waals surface area contributed by atoms with E-state index in [4.69, 9.17) is 0 Å². The fraction of sp³-hybridized carbons (Fsp3) is 0.636. The fourth-order valence-electron chi connectivity index (χ4n) is 1.45. The summed E-state index contributed by atoms with van der Waals surface area (Å²) in [7, 11) is 4.23. The summed E-state index contributed by atoms with van der Waals surface area (Å²) in [6.07, 6.45) is 2.74. The van der Waals surface area contributed by atoms with Crippen molar-refractivity contribution in [1.82, 2.24) is 10.2 Å². The SMILES string of the molecule is CN(C)Cc1ccc(CNC2CC2)s1. The summed E-state index contributed by atoms with van der Waals surface area (Å²) < 4.78 is 0. The van der Waals surface area contributed by atoms with E-state index in [2.05, 4.69) is 36.4 Å². The van der Waals surface area contributed by atoms with Gasteiger partial charge in [-0.05, 0) is 39.1 Å². The third kappa shape index (κ3) is 3.08. The quantitative estimate of drug-likeness (QED) is 0.800. The van der Waals surface area contributed by atoms with Gasteiger partial charge in [-0.3, -0.25) is 0 Å². The summed E-state index contributed by atoms with van der Waals surface area (Å²) in [5, 5.41) is 3.54. The molecule has 1 aromatic rings. The average molecular weight is 210 g/mol. The van der Waals surface area contributed by atoms with E-state index in [0.717, 1.165) is 19.1 Å². The van der Waals surface area contributed by atoms with Gasteiger partial charge < -0.3 is 10.2 Å². The van der Waals surface area contributed by atoms with Crippen LogP contribution in [0.2, 0.25) is 0 Å². The molecule has 3 heteroatoms. The minimum atomic E-state index is 0.814. The standard InChI is InChI=1S/C11H18N2S/c1-13(2)8-11-6-5-10(14-11)7-12-9-3-4-9/h5-6,9,12H,3-4,7-8H2,1-2H3. The van der Waals surface area contributed by atoms with Crippen LogP contribution in [0.15, 0.2) is 12.1 Å². The van der Waals surface area contributed by atoms with E-state index in [9.17, 15) is 0 Å². The Morgan fingerprint density at radius 1 is 1.36 bits per heavy atom. The molecule has 0 spiro atoms. The molecular formula is C11H18N2S. The summed E-state index contributed by atoms with van der Waals surface area (Å²) >= 11 is 1.93. The zero-order valence-electron chi connectivity index (χ0n) is 8.92. The Bertz CT molecular complexity index is 289. The van der Waals surface area contributed by atoms with E-state index < -0.39 is 0 Å². The molecule has 1 saturated carbocycles. The van der Waals surface area contributed by atoms with Gasteiger partial charge in [0.15, 0.2) is 0 Å². The van der Waals surface area contributed by atoms with Crippen LogP contribution in [-0.4, -0.2) is 25.0 Å². The van der Waals surface area contributed by atoms with Crippen LogP contribution >= 0.6 is 11.3 Å². The largest absolute Gasteiger partial charge is 0.309 e. The summed E-state index contributed by atoms with van der Waals surface area (Å²) in [5.74, 6) is 0. The van der Waals surface area contributed by atoms with Crippen LogP contribution < -0.4 is 5.32 Å². The molecular weight excluding hydrogens is 192 g/mol. The molecule has 1 aliphatic carbocycles. The molecule has 0 radical (unpaired) electrons. The highest BCUT2D eigenvalue weighted by atomic mass is 32.1. The average Bonchev–Trinajstić information content (AvgIpc) is 2.84. The zero-order chi connectivity index (χ0) is 9.97. The van der Waals surface area contributed by atoms with Crippen LogP contribution in [0.1, 0.15) is 22.6 Å². The first-order valence-corrected chi connectivity index (χ1v) is 6.01. The van der Waals surface area contributed by atoms with Gasteiger partial charge in [-0.1, -0.05) is 0 Å². The molecule has 1 aliphatic rings. The molecule has 78 valence electrons. The van der Waals surface area contributed by atoms with E-state index in [1.165, 1.54) is 22.6 Å². The maximum atomic E-state index is 3.54. The lowest BCUT2D eigenvalue weighted by atomic mass is 10.4. The van der Waals surface area contributed by atoms with Gasteiger partial charge in [-0.25, -0.2) is 0 Å². The molecule has 0 bridgehead atoms. The van der Waals surface area contributed by atoms with Gasteiger partial charge in [0.2, 0.25) is 0 Å². The number of nitrogens with zero attached hydrogens (tertiary/aromatic N) is 1. The van der Waals surface area contributed by atoms with E-state index in [1.807, 2.05) is 11.3 Å². The van der Waals surface area contributed by atoms with Crippen molar-refractivity contribution in [1.29, 1.82) is 0 Å². The first-order chi connectivity index (χ1) is 6.74. The molecule has 1 N–H and O–H groups in total. The van der Waals surface area contributed by atoms with E-state index >= 15 is 0 Å². The van der Waals surface area contributed by atoms with E-state index in [0.29, 0.717) is 0 Å². The van der Waals surface area contributed by atoms with Crippen LogP contribution in [0.3, 0.4) is 0 Å². The topological polar surface area (TPSA) is 15.3 Å². The van der Waals surface area contributed by atoms with Crippen molar-refractivity contribution in [2.24, 2.45) is 0 Å². The van der Waals surface area contributed by atoms with Crippen molar-refractivity contribution in [3.05, 3.63) is 21.9 Å². The van der Waals surface area contributed by atoms with Gasteiger partial charge in [0.05, 0.1) is 0 Å². The minimum absolute atomic E-state index is 0.814. The van der Waals surface area contributed by atoms with Crippen molar-refractivity contribution in [3.8, 4) is 0 Å². The molecule has 0 atom stereocenters. The Hall–Kier alpha value is -0.380. The van der Waals surface area contributed by atoms with E-state index in [-0.39, 0.29) is 0 Å². The van der Waals surface area contributed by atoms with Gasteiger partial charge >= 0.3 is 0 Å². The summed E-state index contributed by atoms with van der Waals surface area (Å²) in [4.78, 5) is 5.14. The van der Waals surface area contributed by atoms with Crippen molar-refractivity contribution in [3.63, 3.8) is 0 Å².